The number of terminal acetylenes is 1. The molecule has 10 heteroatoms. The van der Waals surface area contributed by atoms with Crippen LogP contribution in [0.5, 0.6) is 0 Å². The summed E-state index contributed by atoms with van der Waals surface area (Å²) in [6.07, 6.45) is 4.78. The molecule has 0 heterocycles. The summed E-state index contributed by atoms with van der Waals surface area (Å²) < 4.78 is 67.7. The van der Waals surface area contributed by atoms with Gasteiger partial charge < -0.3 is 4.74 Å². The van der Waals surface area contributed by atoms with Gasteiger partial charge in [-0.15, -0.1) is 16.0 Å². The molecule has 0 saturated carbocycles. The summed E-state index contributed by atoms with van der Waals surface area (Å²) in [6, 6.07) is 3.27. The van der Waals surface area contributed by atoms with Gasteiger partial charge in [0, 0.05) is 12.0 Å². The fraction of sp³-hybridized carbons (Fsp3) is 0.154. The predicted molar refractivity (Wildman–Crippen MR) is 77.1 cm³/mol. The number of hydrogen-bond acceptors (Lipinski definition) is 7. The molecule has 1 aromatic carbocycles. The Morgan fingerprint density at radius 3 is 2.30 bits per heavy atom. The fourth-order valence-corrected chi connectivity index (χ4v) is 3.50. The molecule has 0 saturated heterocycles. The predicted octanol–water partition coefficient (Wildman–Crippen LogP) is 0.941. The van der Waals surface area contributed by atoms with Gasteiger partial charge in [-0.3, -0.25) is 0 Å². The van der Waals surface area contributed by atoms with Gasteiger partial charge in [-0.05, 0) is 24.3 Å². The molecule has 0 aromatic heterocycles. The van der Waals surface area contributed by atoms with Crippen molar-refractivity contribution >= 4 is 26.2 Å². The first-order valence-corrected chi connectivity index (χ1v) is 8.79. The molecule has 0 fully saturated rings. The lowest BCUT2D eigenvalue weighted by Crippen LogP contribution is -2.21. The standard InChI is InChI=1S/C13H11FO7S2/c1-3-4-10(2)13(15)20-9-22(16,17)21-23(18,19)12-7-5-11(14)6-8-12/h1,5-8H,2,4,9H2. The summed E-state index contributed by atoms with van der Waals surface area (Å²) in [6.45, 7) is 3.27. The summed E-state index contributed by atoms with van der Waals surface area (Å²) in [5.74, 6) is -1.07. The maximum absolute atomic E-state index is 12.7. The van der Waals surface area contributed by atoms with Gasteiger partial charge in [0.2, 0.25) is 5.94 Å². The average Bonchev–Trinajstić information content (AvgIpc) is 2.44. The zero-order valence-electron chi connectivity index (χ0n) is 11.6. The highest BCUT2D eigenvalue weighted by molar-refractivity contribution is 7.99. The largest absolute Gasteiger partial charge is 0.443 e. The van der Waals surface area contributed by atoms with Crippen LogP contribution in [-0.2, 0) is 33.4 Å². The molecule has 23 heavy (non-hydrogen) atoms. The molecule has 7 nitrogen and oxygen atoms in total. The SMILES string of the molecule is C#CCC(=C)C(=O)OCS(=O)(=O)OS(=O)(=O)c1ccc(F)cc1. The highest BCUT2D eigenvalue weighted by atomic mass is 32.3. The molecule has 0 N–H and O–H groups in total. The molecular weight excluding hydrogens is 351 g/mol. The van der Waals surface area contributed by atoms with Crippen LogP contribution in [0.3, 0.4) is 0 Å². The molecule has 0 atom stereocenters. The van der Waals surface area contributed by atoms with Crippen LogP contribution in [0.1, 0.15) is 6.42 Å². The van der Waals surface area contributed by atoms with Gasteiger partial charge in [0.1, 0.15) is 5.82 Å². The molecule has 1 rings (SSSR count). The molecule has 0 aliphatic carbocycles. The molecule has 124 valence electrons. The molecule has 1 aromatic rings. The number of benzene rings is 1. The second-order valence-corrected chi connectivity index (χ2v) is 7.34. The van der Waals surface area contributed by atoms with Gasteiger partial charge in [0.15, 0.2) is 0 Å². The van der Waals surface area contributed by atoms with Gasteiger partial charge in [0.25, 0.3) is 0 Å². The van der Waals surface area contributed by atoms with E-state index < -0.39 is 42.9 Å². The highest BCUT2D eigenvalue weighted by Crippen LogP contribution is 2.16. The van der Waals surface area contributed by atoms with Crippen LogP contribution in [0.2, 0.25) is 0 Å². The number of halogens is 1. The van der Waals surface area contributed by atoms with Crippen molar-refractivity contribution in [3.8, 4) is 12.3 Å². The Morgan fingerprint density at radius 1 is 1.22 bits per heavy atom. The summed E-state index contributed by atoms with van der Waals surface area (Å²) in [5, 5.41) is 0. The Morgan fingerprint density at radius 2 is 1.78 bits per heavy atom. The van der Waals surface area contributed by atoms with E-state index in [1.54, 1.807) is 0 Å². The van der Waals surface area contributed by atoms with Crippen LogP contribution in [0.4, 0.5) is 4.39 Å². The molecule has 0 unspecified atom stereocenters. The van der Waals surface area contributed by atoms with Crippen molar-refractivity contribution in [2.75, 3.05) is 5.94 Å². The lowest BCUT2D eigenvalue weighted by molar-refractivity contribution is -0.137. The first-order chi connectivity index (χ1) is 10.6. The topological polar surface area (TPSA) is 104 Å². The minimum Gasteiger partial charge on any atom is -0.443 e. The number of carbonyl (C=O) groups is 1. The number of rotatable bonds is 7. The van der Waals surface area contributed by atoms with Crippen LogP contribution >= 0.6 is 0 Å². The quantitative estimate of drug-likeness (QED) is 0.404. The van der Waals surface area contributed by atoms with E-state index in [2.05, 4.69) is 20.9 Å². The van der Waals surface area contributed by atoms with Crippen LogP contribution < -0.4 is 0 Å². The first-order valence-electron chi connectivity index (χ1n) is 5.80. The molecule has 0 aliphatic heterocycles. The van der Waals surface area contributed by atoms with E-state index in [0.29, 0.717) is 0 Å². The normalized spacial score (nSPS) is 11.5. The molecule has 0 spiro atoms. The summed E-state index contributed by atoms with van der Waals surface area (Å²) in [4.78, 5) is 10.7. The number of ether oxygens (including phenoxy) is 1. The number of esters is 1. The Hall–Kier alpha value is -2.22. The third-order valence-corrected chi connectivity index (χ3v) is 5.04. The van der Waals surface area contributed by atoms with Gasteiger partial charge in [0.05, 0.1) is 4.90 Å². The molecule has 0 amide bonds. The number of hydrogen-bond donors (Lipinski definition) is 0. The molecule has 0 bridgehead atoms. The molecular formula is C13H11FO7S2. The van der Waals surface area contributed by atoms with E-state index in [4.69, 9.17) is 6.42 Å². The van der Waals surface area contributed by atoms with Gasteiger partial charge in [-0.1, -0.05) is 6.58 Å². The maximum Gasteiger partial charge on any atom is 0.335 e. The highest BCUT2D eigenvalue weighted by Gasteiger charge is 2.26. The van der Waals surface area contributed by atoms with E-state index >= 15 is 0 Å². The van der Waals surface area contributed by atoms with Crippen LogP contribution in [-0.4, -0.2) is 28.7 Å². The Kier molecular flexibility index (Phi) is 6.03. The number of carbonyl (C=O) groups excluding carboxylic acids is 1. The monoisotopic (exact) mass is 362 g/mol. The van der Waals surface area contributed by atoms with Gasteiger partial charge in [-0.2, -0.15) is 16.8 Å². The van der Waals surface area contributed by atoms with E-state index in [9.17, 15) is 26.0 Å². The van der Waals surface area contributed by atoms with Crippen molar-refractivity contribution in [1.29, 1.82) is 0 Å². The second-order valence-electron chi connectivity index (χ2n) is 4.07. The van der Waals surface area contributed by atoms with E-state index in [1.807, 2.05) is 0 Å². The van der Waals surface area contributed by atoms with Crippen molar-refractivity contribution in [3.05, 3.63) is 42.2 Å². The van der Waals surface area contributed by atoms with Crippen molar-refractivity contribution in [2.45, 2.75) is 11.3 Å². The maximum atomic E-state index is 12.7. The Balaban J connectivity index is 2.78. The smallest absolute Gasteiger partial charge is 0.335 e. The fourth-order valence-electron chi connectivity index (χ4n) is 1.22. The third-order valence-electron chi connectivity index (χ3n) is 2.23. The van der Waals surface area contributed by atoms with Crippen molar-refractivity contribution in [2.24, 2.45) is 0 Å². The first kappa shape index (κ1) is 18.8. The Bertz CT molecular complexity index is 847. The van der Waals surface area contributed by atoms with Crippen LogP contribution in [0.15, 0.2) is 41.3 Å². The summed E-state index contributed by atoms with van der Waals surface area (Å²) in [7, 11) is -9.47. The van der Waals surface area contributed by atoms with Gasteiger partial charge >= 0.3 is 26.2 Å². The molecule has 0 aliphatic rings. The van der Waals surface area contributed by atoms with Crippen molar-refractivity contribution in [3.63, 3.8) is 0 Å². The van der Waals surface area contributed by atoms with E-state index in [-0.39, 0.29) is 12.0 Å². The lowest BCUT2D eigenvalue weighted by Gasteiger charge is -2.07. The van der Waals surface area contributed by atoms with E-state index in [1.165, 1.54) is 0 Å². The second kappa shape index (κ2) is 7.36. The van der Waals surface area contributed by atoms with Crippen molar-refractivity contribution < 1.29 is 34.4 Å². The van der Waals surface area contributed by atoms with Gasteiger partial charge in [-0.25, -0.2) is 9.18 Å². The Labute approximate surface area is 133 Å². The van der Waals surface area contributed by atoms with Crippen molar-refractivity contribution in [1.82, 2.24) is 0 Å². The zero-order chi connectivity index (χ0) is 17.7. The van der Waals surface area contributed by atoms with Crippen LogP contribution in [0, 0.1) is 18.2 Å². The summed E-state index contributed by atoms with van der Waals surface area (Å²) >= 11 is 0. The minimum absolute atomic E-state index is 0.159. The van der Waals surface area contributed by atoms with Crippen LogP contribution in [0.25, 0.3) is 0 Å². The lowest BCUT2D eigenvalue weighted by atomic mass is 10.2. The third kappa shape index (κ3) is 5.82. The minimum atomic E-state index is -4.76. The summed E-state index contributed by atoms with van der Waals surface area (Å²) in [5.41, 5.74) is -0.177. The van der Waals surface area contributed by atoms with E-state index in [0.717, 1.165) is 24.3 Å². The molecule has 0 radical (unpaired) electrons. The average molecular weight is 362 g/mol. The zero-order valence-corrected chi connectivity index (χ0v) is 13.2.